The number of hydrogen-bond acceptors (Lipinski definition) is 5. The van der Waals surface area contributed by atoms with Crippen LogP contribution in [0.3, 0.4) is 0 Å². The quantitative estimate of drug-likeness (QED) is 0.581. The lowest BCUT2D eigenvalue weighted by atomic mass is 10.2. The van der Waals surface area contributed by atoms with E-state index in [9.17, 15) is 4.79 Å². The molecule has 0 aliphatic rings. The monoisotopic (exact) mass is 366 g/mol. The Hall–Kier alpha value is -2.93. The summed E-state index contributed by atoms with van der Waals surface area (Å²) in [6.45, 7) is 2.52. The van der Waals surface area contributed by atoms with E-state index < -0.39 is 0 Å². The molecule has 0 radical (unpaired) electrons. The van der Waals surface area contributed by atoms with Gasteiger partial charge in [0, 0.05) is 35.8 Å². The van der Waals surface area contributed by atoms with E-state index in [1.165, 1.54) is 11.3 Å². The van der Waals surface area contributed by atoms with E-state index in [0.717, 1.165) is 26.4 Å². The van der Waals surface area contributed by atoms with E-state index in [1.807, 2.05) is 49.4 Å². The summed E-state index contributed by atoms with van der Waals surface area (Å²) in [4.78, 5) is 23.6. The molecular weight excluding hydrogens is 348 g/mol. The predicted molar refractivity (Wildman–Crippen MR) is 101 cm³/mol. The zero-order chi connectivity index (χ0) is 18.1. The first kappa shape index (κ1) is 16.5. The molecule has 7 heteroatoms. The van der Waals surface area contributed by atoms with Crippen LogP contribution >= 0.6 is 11.3 Å². The Bertz CT molecular complexity index is 1030. The van der Waals surface area contributed by atoms with Crippen molar-refractivity contribution in [1.82, 2.24) is 20.0 Å². The second kappa shape index (κ2) is 6.76. The standard InChI is InChI=1S/C19H18N4O2S/c1-12-7-8-16(26-12)19(24)23(2)10-9-17-21-18(25-22-17)15-11-13-5-3-4-6-14(13)20-15/h3-8,11,20H,9-10H2,1-2H3. The van der Waals surface area contributed by atoms with Crippen LogP contribution in [0.1, 0.15) is 20.4 Å². The Kier molecular flexibility index (Phi) is 4.30. The van der Waals surface area contributed by atoms with Crippen molar-refractivity contribution in [2.45, 2.75) is 13.3 Å². The lowest BCUT2D eigenvalue weighted by molar-refractivity contribution is 0.0800. The van der Waals surface area contributed by atoms with Crippen molar-refractivity contribution in [2.24, 2.45) is 0 Å². The molecule has 132 valence electrons. The van der Waals surface area contributed by atoms with Crippen LogP contribution in [-0.4, -0.2) is 39.5 Å². The molecule has 3 aromatic heterocycles. The zero-order valence-corrected chi connectivity index (χ0v) is 15.3. The number of amides is 1. The highest BCUT2D eigenvalue weighted by molar-refractivity contribution is 7.13. The van der Waals surface area contributed by atoms with Gasteiger partial charge >= 0.3 is 0 Å². The minimum absolute atomic E-state index is 0.0161. The Morgan fingerprint density at radius 1 is 1.27 bits per heavy atom. The van der Waals surface area contributed by atoms with Gasteiger partial charge in [0.2, 0.25) is 0 Å². The summed E-state index contributed by atoms with van der Waals surface area (Å²) >= 11 is 1.50. The maximum atomic E-state index is 12.4. The maximum Gasteiger partial charge on any atom is 0.274 e. The number of nitrogens with zero attached hydrogens (tertiary/aromatic N) is 3. The van der Waals surface area contributed by atoms with Gasteiger partial charge < -0.3 is 14.4 Å². The van der Waals surface area contributed by atoms with Crippen molar-refractivity contribution in [1.29, 1.82) is 0 Å². The summed E-state index contributed by atoms with van der Waals surface area (Å²) in [6, 6.07) is 13.8. The molecule has 0 bridgehead atoms. The number of aryl methyl sites for hydroxylation is 1. The van der Waals surface area contributed by atoms with Crippen molar-refractivity contribution in [3.05, 3.63) is 58.0 Å². The number of hydrogen-bond donors (Lipinski definition) is 1. The molecule has 1 amide bonds. The number of carbonyl (C=O) groups excluding carboxylic acids is 1. The van der Waals surface area contributed by atoms with E-state index in [2.05, 4.69) is 15.1 Å². The average Bonchev–Trinajstić information content (AvgIpc) is 3.37. The SMILES string of the molecule is Cc1ccc(C(=O)N(C)CCc2noc(-c3cc4ccccc4[nH]3)n2)s1. The summed E-state index contributed by atoms with van der Waals surface area (Å²) in [5.41, 5.74) is 1.82. The molecule has 0 aliphatic carbocycles. The third-order valence-corrected chi connectivity index (χ3v) is 5.19. The number of rotatable bonds is 5. The molecule has 0 unspecified atom stereocenters. The van der Waals surface area contributed by atoms with Crippen LogP contribution in [0, 0.1) is 6.92 Å². The first-order chi connectivity index (χ1) is 12.6. The van der Waals surface area contributed by atoms with Crippen LogP contribution < -0.4 is 0 Å². The van der Waals surface area contributed by atoms with Gasteiger partial charge in [0.15, 0.2) is 5.82 Å². The van der Waals surface area contributed by atoms with Gasteiger partial charge in [-0.05, 0) is 31.2 Å². The van der Waals surface area contributed by atoms with Gasteiger partial charge in [-0.25, -0.2) is 0 Å². The summed E-state index contributed by atoms with van der Waals surface area (Å²) in [7, 11) is 1.79. The first-order valence-electron chi connectivity index (χ1n) is 8.33. The number of carbonyl (C=O) groups is 1. The maximum absolute atomic E-state index is 12.4. The molecule has 0 atom stereocenters. The average molecular weight is 366 g/mol. The first-order valence-corrected chi connectivity index (χ1v) is 9.14. The van der Waals surface area contributed by atoms with Crippen LogP contribution in [0.25, 0.3) is 22.5 Å². The molecule has 6 nitrogen and oxygen atoms in total. The number of H-pyrrole nitrogens is 1. The highest BCUT2D eigenvalue weighted by Crippen LogP contribution is 2.22. The fourth-order valence-electron chi connectivity index (χ4n) is 2.76. The molecule has 4 aromatic rings. The van der Waals surface area contributed by atoms with Crippen LogP contribution in [0.5, 0.6) is 0 Å². The number of nitrogens with one attached hydrogen (secondary N) is 1. The van der Waals surface area contributed by atoms with Crippen molar-refractivity contribution in [3.8, 4) is 11.6 Å². The fraction of sp³-hybridized carbons (Fsp3) is 0.211. The largest absolute Gasteiger partial charge is 0.351 e. The van der Waals surface area contributed by atoms with Crippen molar-refractivity contribution in [2.75, 3.05) is 13.6 Å². The normalized spacial score (nSPS) is 11.2. The number of fused-ring (bicyclic) bond motifs is 1. The number of aromatic amines is 1. The summed E-state index contributed by atoms with van der Waals surface area (Å²) in [6.07, 6.45) is 0.538. The van der Waals surface area contributed by atoms with E-state index >= 15 is 0 Å². The van der Waals surface area contributed by atoms with Crippen LogP contribution in [0.15, 0.2) is 47.0 Å². The molecule has 4 rings (SSSR count). The second-order valence-corrected chi connectivity index (χ2v) is 7.46. The molecule has 0 saturated heterocycles. The molecule has 26 heavy (non-hydrogen) atoms. The van der Waals surface area contributed by atoms with Crippen LogP contribution in [-0.2, 0) is 6.42 Å². The number of para-hydroxylation sites is 1. The third-order valence-electron chi connectivity index (χ3n) is 4.20. The Labute approximate surface area is 154 Å². The fourth-order valence-corrected chi connectivity index (χ4v) is 3.62. The molecule has 0 saturated carbocycles. The molecular formula is C19H18N4O2S. The number of benzene rings is 1. The van der Waals surface area contributed by atoms with E-state index in [0.29, 0.717) is 24.7 Å². The van der Waals surface area contributed by atoms with Crippen LogP contribution in [0.4, 0.5) is 0 Å². The Morgan fingerprint density at radius 2 is 2.12 bits per heavy atom. The van der Waals surface area contributed by atoms with Crippen molar-refractivity contribution >= 4 is 28.1 Å². The van der Waals surface area contributed by atoms with Gasteiger partial charge in [-0.1, -0.05) is 23.4 Å². The van der Waals surface area contributed by atoms with Crippen molar-refractivity contribution < 1.29 is 9.32 Å². The second-order valence-electron chi connectivity index (χ2n) is 6.17. The van der Waals surface area contributed by atoms with Gasteiger partial charge in [-0.3, -0.25) is 4.79 Å². The smallest absolute Gasteiger partial charge is 0.274 e. The highest BCUT2D eigenvalue weighted by Gasteiger charge is 2.16. The summed E-state index contributed by atoms with van der Waals surface area (Å²) < 4.78 is 5.37. The molecule has 1 N–H and O–H groups in total. The predicted octanol–water partition coefficient (Wildman–Crippen LogP) is 3.90. The molecule has 3 heterocycles. The van der Waals surface area contributed by atoms with Gasteiger partial charge in [-0.2, -0.15) is 4.98 Å². The minimum atomic E-state index is 0.0161. The van der Waals surface area contributed by atoms with E-state index in [1.54, 1.807) is 11.9 Å². The van der Waals surface area contributed by atoms with E-state index in [4.69, 9.17) is 4.52 Å². The topological polar surface area (TPSA) is 75.0 Å². The van der Waals surface area contributed by atoms with E-state index in [-0.39, 0.29) is 5.91 Å². The number of aromatic nitrogens is 3. The summed E-state index contributed by atoms with van der Waals surface area (Å²) in [5.74, 6) is 1.06. The van der Waals surface area contributed by atoms with Gasteiger partial charge in [0.25, 0.3) is 11.8 Å². The molecule has 1 aromatic carbocycles. The number of likely N-dealkylation sites (N-methyl/N-ethyl adjacent to an activating group) is 1. The third kappa shape index (κ3) is 3.25. The van der Waals surface area contributed by atoms with Crippen molar-refractivity contribution in [3.63, 3.8) is 0 Å². The van der Waals surface area contributed by atoms with Gasteiger partial charge in [0.1, 0.15) is 5.69 Å². The Balaban J connectivity index is 1.42. The number of thiophene rings is 1. The van der Waals surface area contributed by atoms with Crippen LogP contribution in [0.2, 0.25) is 0 Å². The lowest BCUT2D eigenvalue weighted by Crippen LogP contribution is -2.28. The summed E-state index contributed by atoms with van der Waals surface area (Å²) in [5, 5.41) is 5.13. The van der Waals surface area contributed by atoms with Gasteiger partial charge in [0.05, 0.1) is 4.88 Å². The highest BCUT2D eigenvalue weighted by atomic mass is 32.1. The lowest BCUT2D eigenvalue weighted by Gasteiger charge is -2.14. The molecule has 0 aliphatic heterocycles. The molecule has 0 spiro atoms. The minimum Gasteiger partial charge on any atom is -0.351 e. The molecule has 0 fully saturated rings. The van der Waals surface area contributed by atoms with Gasteiger partial charge in [-0.15, -0.1) is 11.3 Å². The zero-order valence-electron chi connectivity index (χ0n) is 14.5. The Morgan fingerprint density at radius 3 is 2.88 bits per heavy atom.